The van der Waals surface area contributed by atoms with Crippen LogP contribution in [0.5, 0.6) is 5.75 Å². The van der Waals surface area contributed by atoms with Gasteiger partial charge in [-0.3, -0.25) is 9.59 Å². The van der Waals surface area contributed by atoms with Crippen LogP contribution in [0.25, 0.3) is 0 Å². The van der Waals surface area contributed by atoms with E-state index in [0.29, 0.717) is 31.2 Å². The maximum Gasteiger partial charge on any atom is 0.253 e. The van der Waals surface area contributed by atoms with Crippen molar-refractivity contribution >= 4 is 11.8 Å². The number of nitrogens with zero attached hydrogens (tertiary/aromatic N) is 2. The topological polar surface area (TPSA) is 59.1 Å². The van der Waals surface area contributed by atoms with E-state index in [0.717, 1.165) is 51.1 Å². The standard InChI is InChI=1S/C21H30N2O4/c1-2-26-16-20(24)23-12-6-7-17(14-23)15-27-19-9-5-8-18(13-19)21(25)22-10-3-4-11-22/h5,8-9,13,17H,2-4,6-7,10-12,14-16H2,1H3/t17-/m0/s1. The molecule has 0 bridgehead atoms. The highest BCUT2D eigenvalue weighted by Crippen LogP contribution is 2.21. The predicted molar refractivity (Wildman–Crippen MR) is 103 cm³/mol. The van der Waals surface area contributed by atoms with Gasteiger partial charge in [0.2, 0.25) is 5.91 Å². The van der Waals surface area contributed by atoms with Crippen LogP contribution in [0.15, 0.2) is 24.3 Å². The van der Waals surface area contributed by atoms with Gasteiger partial charge in [-0.25, -0.2) is 0 Å². The minimum atomic E-state index is 0.0553. The molecule has 2 aliphatic heterocycles. The fourth-order valence-electron chi connectivity index (χ4n) is 3.74. The third-order valence-electron chi connectivity index (χ3n) is 5.26. The molecule has 0 aromatic heterocycles. The zero-order chi connectivity index (χ0) is 19.1. The second-order valence-electron chi connectivity index (χ2n) is 7.32. The van der Waals surface area contributed by atoms with E-state index in [-0.39, 0.29) is 18.4 Å². The van der Waals surface area contributed by atoms with Crippen LogP contribution in [-0.4, -0.2) is 67.6 Å². The second kappa shape index (κ2) is 9.74. The summed E-state index contributed by atoms with van der Waals surface area (Å²) in [6, 6.07) is 7.45. The first-order valence-corrected chi connectivity index (χ1v) is 10.0. The van der Waals surface area contributed by atoms with E-state index in [1.54, 1.807) is 0 Å². The lowest BCUT2D eigenvalue weighted by Crippen LogP contribution is -2.43. The first-order valence-electron chi connectivity index (χ1n) is 10.0. The largest absolute Gasteiger partial charge is 0.493 e. The number of hydrogen-bond donors (Lipinski definition) is 0. The average molecular weight is 374 g/mol. The quantitative estimate of drug-likeness (QED) is 0.736. The molecule has 0 aliphatic carbocycles. The van der Waals surface area contributed by atoms with Crippen LogP contribution in [0.3, 0.4) is 0 Å². The zero-order valence-corrected chi connectivity index (χ0v) is 16.2. The summed E-state index contributed by atoms with van der Waals surface area (Å²) in [5.74, 6) is 1.17. The van der Waals surface area contributed by atoms with E-state index in [4.69, 9.17) is 9.47 Å². The number of piperidine rings is 1. The molecule has 2 saturated heterocycles. The van der Waals surface area contributed by atoms with Crippen LogP contribution in [0, 0.1) is 5.92 Å². The normalized spacial score (nSPS) is 20.0. The van der Waals surface area contributed by atoms with E-state index in [1.165, 1.54) is 0 Å². The van der Waals surface area contributed by atoms with Crippen LogP contribution in [0.2, 0.25) is 0 Å². The number of rotatable bonds is 7. The van der Waals surface area contributed by atoms with Gasteiger partial charge in [-0.05, 0) is 50.8 Å². The Kier molecular flexibility index (Phi) is 7.10. The van der Waals surface area contributed by atoms with Gasteiger partial charge in [0.15, 0.2) is 0 Å². The van der Waals surface area contributed by atoms with Gasteiger partial charge in [0.25, 0.3) is 5.91 Å². The molecule has 0 saturated carbocycles. The summed E-state index contributed by atoms with van der Waals surface area (Å²) in [4.78, 5) is 28.4. The van der Waals surface area contributed by atoms with Gasteiger partial charge >= 0.3 is 0 Å². The van der Waals surface area contributed by atoms with Gasteiger partial charge < -0.3 is 19.3 Å². The molecule has 0 radical (unpaired) electrons. The van der Waals surface area contributed by atoms with Gasteiger partial charge in [-0.15, -0.1) is 0 Å². The van der Waals surface area contributed by atoms with E-state index in [2.05, 4.69) is 0 Å². The molecule has 1 aromatic rings. The zero-order valence-electron chi connectivity index (χ0n) is 16.2. The van der Waals surface area contributed by atoms with E-state index in [9.17, 15) is 9.59 Å². The van der Waals surface area contributed by atoms with Crippen molar-refractivity contribution in [2.45, 2.75) is 32.6 Å². The van der Waals surface area contributed by atoms with Crippen LogP contribution in [-0.2, 0) is 9.53 Å². The van der Waals surface area contributed by atoms with Crippen molar-refractivity contribution in [3.8, 4) is 5.75 Å². The van der Waals surface area contributed by atoms with Crippen LogP contribution < -0.4 is 4.74 Å². The van der Waals surface area contributed by atoms with Crippen molar-refractivity contribution in [1.29, 1.82) is 0 Å². The fraction of sp³-hybridized carbons (Fsp3) is 0.619. The Morgan fingerprint density at radius 2 is 1.89 bits per heavy atom. The lowest BCUT2D eigenvalue weighted by Gasteiger charge is -2.32. The van der Waals surface area contributed by atoms with Gasteiger partial charge in [0.05, 0.1) is 6.61 Å². The number of amides is 2. The molecule has 6 heteroatoms. The average Bonchev–Trinajstić information content (AvgIpc) is 3.25. The second-order valence-corrected chi connectivity index (χ2v) is 7.32. The molecule has 1 aromatic carbocycles. The van der Waals surface area contributed by atoms with Gasteiger partial charge in [-0.2, -0.15) is 0 Å². The van der Waals surface area contributed by atoms with Crippen molar-refractivity contribution < 1.29 is 19.1 Å². The molecular formula is C21H30N2O4. The summed E-state index contributed by atoms with van der Waals surface area (Å²) in [5.41, 5.74) is 0.687. The highest BCUT2D eigenvalue weighted by molar-refractivity contribution is 5.94. The number of hydrogen-bond acceptors (Lipinski definition) is 4. The van der Waals surface area contributed by atoms with E-state index >= 15 is 0 Å². The molecule has 2 heterocycles. The SMILES string of the molecule is CCOCC(=O)N1CCC[C@H](COc2cccc(C(=O)N3CCCC3)c2)C1. The first-order chi connectivity index (χ1) is 13.2. The summed E-state index contributed by atoms with van der Waals surface area (Å²) in [6.45, 7) is 6.35. The van der Waals surface area contributed by atoms with Crippen molar-refractivity contribution in [2.75, 3.05) is 46.0 Å². The molecule has 0 N–H and O–H groups in total. The molecule has 2 aliphatic rings. The summed E-state index contributed by atoms with van der Waals surface area (Å²) < 4.78 is 11.2. The Labute approximate surface area is 161 Å². The Bertz CT molecular complexity index is 643. The Hall–Kier alpha value is -2.08. The molecule has 27 heavy (non-hydrogen) atoms. The highest BCUT2D eigenvalue weighted by atomic mass is 16.5. The number of carbonyl (C=O) groups is 2. The fourth-order valence-corrected chi connectivity index (χ4v) is 3.74. The monoisotopic (exact) mass is 374 g/mol. The molecule has 1 atom stereocenters. The smallest absolute Gasteiger partial charge is 0.253 e. The molecule has 148 valence electrons. The summed E-state index contributed by atoms with van der Waals surface area (Å²) in [6.07, 6.45) is 4.20. The van der Waals surface area contributed by atoms with Crippen LogP contribution >= 0.6 is 0 Å². The molecule has 2 amide bonds. The van der Waals surface area contributed by atoms with Crippen LogP contribution in [0.1, 0.15) is 43.0 Å². The minimum absolute atomic E-state index is 0.0553. The number of carbonyl (C=O) groups excluding carboxylic acids is 2. The third kappa shape index (κ3) is 5.45. The molecule has 0 unspecified atom stereocenters. The maximum absolute atomic E-state index is 12.5. The minimum Gasteiger partial charge on any atom is -0.493 e. The maximum atomic E-state index is 12.5. The molecule has 0 spiro atoms. The Balaban J connectivity index is 1.51. The van der Waals surface area contributed by atoms with Crippen LogP contribution in [0.4, 0.5) is 0 Å². The van der Waals surface area contributed by atoms with Crippen molar-refractivity contribution in [3.05, 3.63) is 29.8 Å². The highest BCUT2D eigenvalue weighted by Gasteiger charge is 2.24. The molecule has 6 nitrogen and oxygen atoms in total. The third-order valence-corrected chi connectivity index (χ3v) is 5.26. The van der Waals surface area contributed by atoms with Crippen molar-refractivity contribution in [3.63, 3.8) is 0 Å². The summed E-state index contributed by atoms with van der Waals surface area (Å²) >= 11 is 0. The lowest BCUT2D eigenvalue weighted by atomic mass is 9.99. The van der Waals surface area contributed by atoms with Crippen molar-refractivity contribution in [1.82, 2.24) is 9.80 Å². The van der Waals surface area contributed by atoms with Gasteiger partial charge in [-0.1, -0.05) is 6.07 Å². The Morgan fingerprint density at radius 3 is 2.67 bits per heavy atom. The number of likely N-dealkylation sites (tertiary alicyclic amines) is 2. The molecular weight excluding hydrogens is 344 g/mol. The lowest BCUT2D eigenvalue weighted by molar-refractivity contribution is -0.138. The number of benzene rings is 1. The Morgan fingerprint density at radius 1 is 1.11 bits per heavy atom. The van der Waals surface area contributed by atoms with Gasteiger partial charge in [0.1, 0.15) is 12.4 Å². The van der Waals surface area contributed by atoms with Crippen molar-refractivity contribution in [2.24, 2.45) is 5.92 Å². The summed E-state index contributed by atoms with van der Waals surface area (Å²) in [7, 11) is 0. The predicted octanol–water partition coefficient (Wildman–Crippen LogP) is 2.58. The van der Waals surface area contributed by atoms with E-state index in [1.807, 2.05) is 41.0 Å². The summed E-state index contributed by atoms with van der Waals surface area (Å²) in [5, 5.41) is 0. The molecule has 2 fully saturated rings. The van der Waals surface area contributed by atoms with Gasteiger partial charge in [0, 0.05) is 44.3 Å². The number of ether oxygens (including phenoxy) is 2. The molecule has 3 rings (SSSR count). The van der Waals surface area contributed by atoms with E-state index < -0.39 is 0 Å². The first kappa shape index (κ1) is 19.7.